The molecule has 0 radical (unpaired) electrons. The highest BCUT2D eigenvalue weighted by molar-refractivity contribution is 5.41. The van der Waals surface area contributed by atoms with Crippen LogP contribution in [0, 0.1) is 6.92 Å². The fourth-order valence-corrected chi connectivity index (χ4v) is 1.58. The number of aryl methyl sites for hydroxylation is 1. The van der Waals surface area contributed by atoms with Crippen molar-refractivity contribution in [3.8, 4) is 0 Å². The molecule has 1 aromatic rings. The van der Waals surface area contributed by atoms with Crippen molar-refractivity contribution >= 4 is 5.82 Å². The number of nitrogens with one attached hydrogen (secondary N) is 1. The summed E-state index contributed by atoms with van der Waals surface area (Å²) in [5.41, 5.74) is 2.35. The zero-order valence-corrected chi connectivity index (χ0v) is 11.3. The first kappa shape index (κ1) is 13.7. The number of likely N-dealkylation sites (N-methyl/N-ethyl adjacent to an activating group) is 1. The SMILES string of the molecule is C=CCN(C)c1ccc(CNC(C)C)c(C)n1. The van der Waals surface area contributed by atoms with Crippen LogP contribution < -0.4 is 10.2 Å². The normalized spacial score (nSPS) is 10.6. The lowest BCUT2D eigenvalue weighted by Crippen LogP contribution is -2.23. The van der Waals surface area contributed by atoms with Crippen LogP contribution in [0.1, 0.15) is 25.1 Å². The minimum absolute atomic E-state index is 0.498. The van der Waals surface area contributed by atoms with Gasteiger partial charge in [-0.05, 0) is 18.6 Å². The van der Waals surface area contributed by atoms with E-state index in [0.29, 0.717) is 6.04 Å². The van der Waals surface area contributed by atoms with Crippen LogP contribution in [0.25, 0.3) is 0 Å². The highest BCUT2D eigenvalue weighted by atomic mass is 15.2. The highest BCUT2D eigenvalue weighted by Crippen LogP contribution is 2.13. The summed E-state index contributed by atoms with van der Waals surface area (Å²) in [6.07, 6.45) is 1.88. The van der Waals surface area contributed by atoms with E-state index in [1.165, 1.54) is 5.56 Å². The summed E-state index contributed by atoms with van der Waals surface area (Å²) in [5.74, 6) is 0.996. The molecule has 1 N–H and O–H groups in total. The second-order valence-corrected chi connectivity index (χ2v) is 4.62. The monoisotopic (exact) mass is 233 g/mol. The van der Waals surface area contributed by atoms with Gasteiger partial charge in [-0.3, -0.25) is 0 Å². The van der Waals surface area contributed by atoms with Crippen LogP contribution in [0.2, 0.25) is 0 Å². The Kier molecular flexibility index (Phi) is 5.16. The third kappa shape index (κ3) is 4.19. The Morgan fingerprint density at radius 3 is 2.71 bits per heavy atom. The Bertz CT molecular complexity index is 372. The lowest BCUT2D eigenvalue weighted by Gasteiger charge is -2.18. The molecule has 0 aliphatic heterocycles. The first-order chi connectivity index (χ1) is 8.04. The van der Waals surface area contributed by atoms with E-state index in [1.807, 2.05) is 13.1 Å². The summed E-state index contributed by atoms with van der Waals surface area (Å²) in [5, 5.41) is 3.41. The molecule has 0 aliphatic rings. The average Bonchev–Trinajstić information content (AvgIpc) is 2.27. The van der Waals surface area contributed by atoms with Crippen molar-refractivity contribution < 1.29 is 0 Å². The molecular formula is C14H23N3. The fraction of sp³-hybridized carbons (Fsp3) is 0.500. The number of anilines is 1. The van der Waals surface area contributed by atoms with Gasteiger partial charge in [0, 0.05) is 31.9 Å². The first-order valence-electron chi connectivity index (χ1n) is 6.06. The number of rotatable bonds is 6. The maximum atomic E-state index is 4.61. The molecule has 1 rings (SSSR count). The van der Waals surface area contributed by atoms with Gasteiger partial charge < -0.3 is 10.2 Å². The number of hydrogen-bond donors (Lipinski definition) is 1. The van der Waals surface area contributed by atoms with Crippen molar-refractivity contribution in [2.45, 2.75) is 33.4 Å². The molecule has 0 unspecified atom stereocenters. The molecule has 1 aromatic heterocycles. The van der Waals surface area contributed by atoms with E-state index in [2.05, 4.69) is 54.7 Å². The minimum atomic E-state index is 0.498. The van der Waals surface area contributed by atoms with Gasteiger partial charge in [0.05, 0.1) is 0 Å². The molecule has 0 aliphatic carbocycles. The fourth-order valence-electron chi connectivity index (χ4n) is 1.58. The standard InChI is InChI=1S/C14H23N3/c1-6-9-17(5)14-8-7-13(12(4)16-14)10-15-11(2)3/h6-8,11,15H,1,9-10H2,2-5H3. The number of hydrogen-bond acceptors (Lipinski definition) is 3. The molecule has 0 spiro atoms. The highest BCUT2D eigenvalue weighted by Gasteiger charge is 2.05. The van der Waals surface area contributed by atoms with Crippen LogP contribution in [0.5, 0.6) is 0 Å². The molecule has 0 amide bonds. The van der Waals surface area contributed by atoms with Crippen molar-refractivity contribution in [3.63, 3.8) is 0 Å². The predicted octanol–water partition coefficient (Wildman–Crippen LogP) is 2.51. The van der Waals surface area contributed by atoms with Gasteiger partial charge in [0.2, 0.25) is 0 Å². The number of aromatic nitrogens is 1. The van der Waals surface area contributed by atoms with Crippen molar-refractivity contribution in [1.82, 2.24) is 10.3 Å². The topological polar surface area (TPSA) is 28.2 Å². The van der Waals surface area contributed by atoms with Gasteiger partial charge in [-0.2, -0.15) is 0 Å². The maximum Gasteiger partial charge on any atom is 0.128 e. The van der Waals surface area contributed by atoms with Gasteiger partial charge in [-0.15, -0.1) is 6.58 Å². The molecule has 17 heavy (non-hydrogen) atoms. The molecule has 0 atom stereocenters. The van der Waals surface area contributed by atoms with Gasteiger partial charge in [0.25, 0.3) is 0 Å². The number of pyridine rings is 1. The lowest BCUT2D eigenvalue weighted by molar-refractivity contribution is 0.586. The summed E-state index contributed by atoms with van der Waals surface area (Å²) >= 11 is 0. The van der Waals surface area contributed by atoms with Crippen molar-refractivity contribution in [1.29, 1.82) is 0 Å². The maximum absolute atomic E-state index is 4.61. The zero-order valence-electron chi connectivity index (χ0n) is 11.3. The Morgan fingerprint density at radius 1 is 1.47 bits per heavy atom. The summed E-state index contributed by atoms with van der Waals surface area (Å²) in [6.45, 7) is 11.8. The lowest BCUT2D eigenvalue weighted by atomic mass is 10.2. The largest absolute Gasteiger partial charge is 0.356 e. The van der Waals surface area contributed by atoms with Crippen molar-refractivity contribution in [3.05, 3.63) is 36.0 Å². The molecule has 3 heteroatoms. The third-order valence-corrected chi connectivity index (χ3v) is 2.68. The quantitative estimate of drug-likeness (QED) is 0.765. The molecule has 0 bridgehead atoms. The average molecular weight is 233 g/mol. The number of nitrogens with zero attached hydrogens (tertiary/aromatic N) is 2. The van der Waals surface area contributed by atoms with Gasteiger partial charge >= 0.3 is 0 Å². The summed E-state index contributed by atoms with van der Waals surface area (Å²) < 4.78 is 0. The smallest absolute Gasteiger partial charge is 0.128 e. The molecule has 0 saturated heterocycles. The van der Waals surface area contributed by atoms with Crippen LogP contribution in [0.4, 0.5) is 5.82 Å². The second kappa shape index (κ2) is 6.40. The van der Waals surface area contributed by atoms with Crippen LogP contribution in [0.15, 0.2) is 24.8 Å². The van der Waals surface area contributed by atoms with E-state index in [4.69, 9.17) is 0 Å². The Morgan fingerprint density at radius 2 is 2.18 bits per heavy atom. The second-order valence-electron chi connectivity index (χ2n) is 4.62. The van der Waals surface area contributed by atoms with Crippen molar-refractivity contribution in [2.75, 3.05) is 18.5 Å². The molecular weight excluding hydrogens is 210 g/mol. The van der Waals surface area contributed by atoms with Gasteiger partial charge in [-0.25, -0.2) is 4.98 Å². The van der Waals surface area contributed by atoms with Crippen LogP contribution in [-0.2, 0) is 6.54 Å². The molecule has 0 fully saturated rings. The predicted molar refractivity (Wildman–Crippen MR) is 74.4 cm³/mol. The van der Waals surface area contributed by atoms with E-state index in [9.17, 15) is 0 Å². The summed E-state index contributed by atoms with van der Waals surface area (Å²) in [7, 11) is 2.02. The Balaban J connectivity index is 2.75. The van der Waals surface area contributed by atoms with E-state index >= 15 is 0 Å². The van der Waals surface area contributed by atoms with E-state index in [-0.39, 0.29) is 0 Å². The van der Waals surface area contributed by atoms with Crippen molar-refractivity contribution in [2.24, 2.45) is 0 Å². The molecule has 0 saturated carbocycles. The van der Waals surface area contributed by atoms with E-state index < -0.39 is 0 Å². The summed E-state index contributed by atoms with van der Waals surface area (Å²) in [4.78, 5) is 6.69. The summed E-state index contributed by atoms with van der Waals surface area (Å²) in [6, 6.07) is 4.71. The zero-order chi connectivity index (χ0) is 12.8. The van der Waals surface area contributed by atoms with Crippen LogP contribution in [-0.4, -0.2) is 24.6 Å². The Hall–Kier alpha value is -1.35. The van der Waals surface area contributed by atoms with Gasteiger partial charge in [0.15, 0.2) is 0 Å². The minimum Gasteiger partial charge on any atom is -0.356 e. The van der Waals surface area contributed by atoms with Crippen LogP contribution in [0.3, 0.4) is 0 Å². The molecule has 0 aromatic carbocycles. The van der Waals surface area contributed by atoms with Crippen LogP contribution >= 0.6 is 0 Å². The molecule has 3 nitrogen and oxygen atoms in total. The molecule has 1 heterocycles. The van der Waals surface area contributed by atoms with Gasteiger partial charge in [-0.1, -0.05) is 26.0 Å². The van der Waals surface area contributed by atoms with E-state index in [0.717, 1.165) is 24.6 Å². The first-order valence-corrected chi connectivity index (χ1v) is 6.06. The van der Waals surface area contributed by atoms with Gasteiger partial charge in [0.1, 0.15) is 5.82 Å². The molecule has 94 valence electrons. The Labute approximate surface area is 105 Å². The van der Waals surface area contributed by atoms with E-state index in [1.54, 1.807) is 0 Å². The third-order valence-electron chi connectivity index (χ3n) is 2.68.